The molecule has 2 aromatic rings. The van der Waals surface area contributed by atoms with E-state index in [-0.39, 0.29) is 11.9 Å². The van der Waals surface area contributed by atoms with Crippen LogP contribution in [0.3, 0.4) is 0 Å². The quantitative estimate of drug-likeness (QED) is 0.824. The average Bonchev–Trinajstić information content (AvgIpc) is 2.92. The van der Waals surface area contributed by atoms with Gasteiger partial charge in [0.05, 0.1) is 12.0 Å². The van der Waals surface area contributed by atoms with E-state index in [1.54, 1.807) is 24.5 Å². The maximum Gasteiger partial charge on any atom is 0.171 e. The van der Waals surface area contributed by atoms with Crippen molar-refractivity contribution in [2.24, 2.45) is 0 Å². The highest BCUT2D eigenvalue weighted by Crippen LogP contribution is 2.12. The molecule has 106 valence electrons. The Labute approximate surface area is 123 Å². The molecule has 2 N–H and O–H groups in total. The lowest BCUT2D eigenvalue weighted by Gasteiger charge is -2.16. The molecule has 1 atom stereocenters. The Morgan fingerprint density at radius 3 is 2.80 bits per heavy atom. The van der Waals surface area contributed by atoms with Crippen LogP contribution < -0.4 is 10.6 Å². The largest absolute Gasteiger partial charge is 0.469 e. The van der Waals surface area contributed by atoms with E-state index >= 15 is 0 Å². The van der Waals surface area contributed by atoms with E-state index in [4.69, 9.17) is 16.6 Å². The Morgan fingerprint density at radius 1 is 1.30 bits per heavy atom. The van der Waals surface area contributed by atoms with Gasteiger partial charge in [0, 0.05) is 12.5 Å². The first-order chi connectivity index (χ1) is 9.65. The molecule has 0 saturated heterocycles. The molecule has 3 nitrogen and oxygen atoms in total. The average molecular weight is 292 g/mol. The highest BCUT2D eigenvalue weighted by Gasteiger charge is 2.07. The lowest BCUT2D eigenvalue weighted by molar-refractivity contribution is 0.483. The van der Waals surface area contributed by atoms with Crippen LogP contribution in [0, 0.1) is 5.82 Å². The summed E-state index contributed by atoms with van der Waals surface area (Å²) in [5.41, 5.74) is 0.378. The van der Waals surface area contributed by atoms with Crippen molar-refractivity contribution in [3.8, 4) is 0 Å². The highest BCUT2D eigenvalue weighted by molar-refractivity contribution is 7.80. The minimum Gasteiger partial charge on any atom is -0.469 e. The van der Waals surface area contributed by atoms with Crippen molar-refractivity contribution < 1.29 is 8.81 Å². The van der Waals surface area contributed by atoms with E-state index in [2.05, 4.69) is 10.6 Å². The van der Waals surface area contributed by atoms with E-state index in [0.29, 0.717) is 10.8 Å². The van der Waals surface area contributed by atoms with Gasteiger partial charge in [-0.15, -0.1) is 0 Å². The number of thiocarbonyl (C=S) groups is 1. The molecule has 0 fully saturated rings. The molecule has 5 heteroatoms. The molecule has 1 aromatic heterocycles. The minimum atomic E-state index is -0.320. The van der Waals surface area contributed by atoms with Crippen molar-refractivity contribution in [3.63, 3.8) is 0 Å². The highest BCUT2D eigenvalue weighted by atomic mass is 32.1. The second-order valence-electron chi connectivity index (χ2n) is 4.60. The third kappa shape index (κ3) is 4.35. The van der Waals surface area contributed by atoms with E-state index in [1.165, 1.54) is 6.07 Å². The molecule has 0 radical (unpaired) electrons. The fraction of sp³-hybridized carbons (Fsp3) is 0.267. The molecular weight excluding hydrogens is 275 g/mol. The number of aryl methyl sites for hydroxylation is 1. The Hall–Kier alpha value is -1.88. The zero-order chi connectivity index (χ0) is 14.4. The molecule has 0 aliphatic heterocycles. The summed E-state index contributed by atoms with van der Waals surface area (Å²) in [5.74, 6) is 0.631. The molecule has 0 saturated carbocycles. The number of benzene rings is 1. The summed E-state index contributed by atoms with van der Waals surface area (Å²) in [5, 5.41) is 6.40. The van der Waals surface area contributed by atoms with Crippen molar-refractivity contribution in [1.82, 2.24) is 5.32 Å². The number of anilines is 1. The molecule has 0 unspecified atom stereocenters. The molecule has 0 spiro atoms. The van der Waals surface area contributed by atoms with Gasteiger partial charge in [-0.1, -0.05) is 12.1 Å². The number of para-hydroxylation sites is 1. The lowest BCUT2D eigenvalue weighted by atomic mass is 10.1. The van der Waals surface area contributed by atoms with Crippen LogP contribution in [0.15, 0.2) is 47.1 Å². The second kappa shape index (κ2) is 7.05. The summed E-state index contributed by atoms with van der Waals surface area (Å²) in [6.45, 7) is 2.03. The molecule has 0 aliphatic carbocycles. The first kappa shape index (κ1) is 14.5. The molecule has 0 bridgehead atoms. The van der Waals surface area contributed by atoms with Crippen molar-refractivity contribution in [2.45, 2.75) is 25.8 Å². The maximum atomic E-state index is 13.5. The molecule has 0 amide bonds. The normalized spacial score (nSPS) is 11.9. The van der Waals surface area contributed by atoms with Crippen molar-refractivity contribution in [2.75, 3.05) is 5.32 Å². The van der Waals surface area contributed by atoms with Gasteiger partial charge >= 0.3 is 0 Å². The topological polar surface area (TPSA) is 37.2 Å². The van der Waals surface area contributed by atoms with Gasteiger partial charge in [0.25, 0.3) is 0 Å². The number of rotatable bonds is 5. The monoisotopic (exact) mass is 292 g/mol. The maximum absolute atomic E-state index is 13.5. The number of nitrogens with one attached hydrogen (secondary N) is 2. The van der Waals surface area contributed by atoms with Gasteiger partial charge in [0.2, 0.25) is 0 Å². The van der Waals surface area contributed by atoms with Gasteiger partial charge in [-0.05, 0) is 49.8 Å². The molecule has 1 aromatic carbocycles. The van der Waals surface area contributed by atoms with Crippen LogP contribution in [-0.4, -0.2) is 11.2 Å². The van der Waals surface area contributed by atoms with Gasteiger partial charge in [-0.2, -0.15) is 0 Å². The van der Waals surface area contributed by atoms with Crippen LogP contribution >= 0.6 is 12.2 Å². The number of hydrogen-bond donors (Lipinski definition) is 2. The van der Waals surface area contributed by atoms with Gasteiger partial charge in [-0.25, -0.2) is 4.39 Å². The smallest absolute Gasteiger partial charge is 0.171 e. The van der Waals surface area contributed by atoms with Gasteiger partial charge in [0.15, 0.2) is 5.11 Å². The molecule has 2 rings (SSSR count). The molecule has 1 heterocycles. The van der Waals surface area contributed by atoms with Crippen LogP contribution in [0.5, 0.6) is 0 Å². The summed E-state index contributed by atoms with van der Waals surface area (Å²) >= 11 is 5.17. The summed E-state index contributed by atoms with van der Waals surface area (Å²) in [6, 6.07) is 10.4. The van der Waals surface area contributed by atoms with Crippen LogP contribution in [-0.2, 0) is 6.42 Å². The summed E-state index contributed by atoms with van der Waals surface area (Å²) in [6.07, 6.45) is 3.38. The van der Waals surface area contributed by atoms with Gasteiger partial charge in [-0.3, -0.25) is 0 Å². The lowest BCUT2D eigenvalue weighted by Crippen LogP contribution is -2.36. The number of halogens is 1. The van der Waals surface area contributed by atoms with Crippen LogP contribution in [0.25, 0.3) is 0 Å². The first-order valence-corrected chi connectivity index (χ1v) is 6.90. The summed E-state index contributed by atoms with van der Waals surface area (Å²) in [4.78, 5) is 0. The van der Waals surface area contributed by atoms with Crippen LogP contribution in [0.1, 0.15) is 19.1 Å². The number of furan rings is 1. The molecule has 20 heavy (non-hydrogen) atoms. The summed E-state index contributed by atoms with van der Waals surface area (Å²) in [7, 11) is 0. The summed E-state index contributed by atoms with van der Waals surface area (Å²) < 4.78 is 18.7. The van der Waals surface area contributed by atoms with Gasteiger partial charge < -0.3 is 15.1 Å². The Kier molecular flexibility index (Phi) is 5.12. The molecular formula is C15H17FN2OS. The Balaban J connectivity index is 1.78. The third-order valence-electron chi connectivity index (χ3n) is 2.90. The van der Waals surface area contributed by atoms with E-state index in [0.717, 1.165) is 18.6 Å². The Bertz CT molecular complexity index is 557. The Morgan fingerprint density at radius 2 is 2.10 bits per heavy atom. The van der Waals surface area contributed by atoms with Crippen LogP contribution in [0.4, 0.5) is 10.1 Å². The van der Waals surface area contributed by atoms with E-state index in [1.807, 2.05) is 19.1 Å². The first-order valence-electron chi connectivity index (χ1n) is 6.49. The van der Waals surface area contributed by atoms with Crippen molar-refractivity contribution >= 4 is 23.0 Å². The fourth-order valence-electron chi connectivity index (χ4n) is 1.83. The zero-order valence-corrected chi connectivity index (χ0v) is 12.0. The minimum absolute atomic E-state index is 0.173. The third-order valence-corrected chi connectivity index (χ3v) is 3.12. The zero-order valence-electron chi connectivity index (χ0n) is 11.2. The predicted octanol–water partition coefficient (Wildman–Crippen LogP) is 3.73. The van der Waals surface area contributed by atoms with Crippen LogP contribution in [0.2, 0.25) is 0 Å². The standard InChI is InChI=1S/C15H17FN2OS/c1-11(8-9-12-5-4-10-19-12)17-15(20)18-14-7-3-2-6-13(14)16/h2-7,10-11H,8-9H2,1H3,(H2,17,18,20)/t11-/m1/s1. The van der Waals surface area contributed by atoms with Gasteiger partial charge in [0.1, 0.15) is 11.6 Å². The predicted molar refractivity (Wildman–Crippen MR) is 82.2 cm³/mol. The van der Waals surface area contributed by atoms with Crippen molar-refractivity contribution in [1.29, 1.82) is 0 Å². The second-order valence-corrected chi connectivity index (χ2v) is 5.01. The molecule has 0 aliphatic rings. The van der Waals surface area contributed by atoms with E-state index < -0.39 is 0 Å². The SMILES string of the molecule is C[C@H](CCc1ccco1)NC(=S)Nc1ccccc1F. The van der Waals surface area contributed by atoms with E-state index in [9.17, 15) is 4.39 Å². The fourth-order valence-corrected chi connectivity index (χ4v) is 2.14. The number of hydrogen-bond acceptors (Lipinski definition) is 2. The van der Waals surface area contributed by atoms with Crippen molar-refractivity contribution in [3.05, 3.63) is 54.2 Å².